The van der Waals surface area contributed by atoms with Gasteiger partial charge in [-0.15, -0.1) is 11.6 Å². The summed E-state index contributed by atoms with van der Waals surface area (Å²) >= 11 is 5.50. The number of rotatable bonds is 6. The normalized spacial score (nSPS) is 12.4. The van der Waals surface area contributed by atoms with Crippen molar-refractivity contribution in [2.45, 2.75) is 19.3 Å². The molecule has 1 aromatic carbocycles. The molecular formula is C12H13ClF2O2. The van der Waals surface area contributed by atoms with E-state index in [9.17, 15) is 13.6 Å². The minimum Gasteiger partial charge on any atom is -0.481 e. The van der Waals surface area contributed by atoms with Crippen LogP contribution in [-0.2, 0) is 11.2 Å². The molecule has 0 aliphatic heterocycles. The van der Waals surface area contributed by atoms with Crippen LogP contribution in [0.15, 0.2) is 18.2 Å². The van der Waals surface area contributed by atoms with Crippen LogP contribution in [0.5, 0.6) is 0 Å². The van der Waals surface area contributed by atoms with Gasteiger partial charge >= 0.3 is 5.97 Å². The number of carboxylic acids is 1. The summed E-state index contributed by atoms with van der Waals surface area (Å²) in [7, 11) is 0. The van der Waals surface area contributed by atoms with Crippen molar-refractivity contribution in [3.63, 3.8) is 0 Å². The standard InChI is InChI=1S/C12H13ClF2O2/c13-5-1-2-9(12(16)17)6-8-3-4-10(14)11(15)7-8/h3-4,7,9H,1-2,5-6H2,(H,16,17). The molecular weight excluding hydrogens is 250 g/mol. The lowest BCUT2D eigenvalue weighted by atomic mass is 9.95. The highest BCUT2D eigenvalue weighted by molar-refractivity contribution is 6.17. The van der Waals surface area contributed by atoms with Crippen molar-refractivity contribution in [1.82, 2.24) is 0 Å². The number of alkyl halides is 1. The average molecular weight is 263 g/mol. The minimum absolute atomic E-state index is 0.184. The molecule has 0 saturated carbocycles. The third-order valence-corrected chi connectivity index (χ3v) is 2.77. The Labute approximate surface area is 103 Å². The summed E-state index contributed by atoms with van der Waals surface area (Å²) in [6, 6.07) is 3.44. The minimum atomic E-state index is -0.955. The first-order chi connectivity index (χ1) is 8.04. The molecule has 1 rings (SSSR count). The third-order valence-electron chi connectivity index (χ3n) is 2.50. The van der Waals surface area contributed by atoms with E-state index < -0.39 is 23.5 Å². The highest BCUT2D eigenvalue weighted by atomic mass is 35.5. The van der Waals surface area contributed by atoms with E-state index >= 15 is 0 Å². The molecule has 0 fully saturated rings. The lowest BCUT2D eigenvalue weighted by molar-refractivity contribution is -0.141. The van der Waals surface area contributed by atoms with Gasteiger partial charge in [-0.1, -0.05) is 6.07 Å². The lowest BCUT2D eigenvalue weighted by Crippen LogP contribution is -2.16. The van der Waals surface area contributed by atoms with E-state index in [1.54, 1.807) is 0 Å². The maximum atomic E-state index is 12.9. The first-order valence-electron chi connectivity index (χ1n) is 5.27. The van der Waals surface area contributed by atoms with Gasteiger partial charge in [0.15, 0.2) is 11.6 Å². The van der Waals surface area contributed by atoms with Crippen molar-refractivity contribution in [2.24, 2.45) is 5.92 Å². The molecule has 1 unspecified atom stereocenters. The Hall–Kier alpha value is -1.16. The van der Waals surface area contributed by atoms with Crippen LogP contribution in [-0.4, -0.2) is 17.0 Å². The van der Waals surface area contributed by atoms with Gasteiger partial charge in [0.2, 0.25) is 0 Å². The van der Waals surface area contributed by atoms with Crippen LogP contribution in [0.1, 0.15) is 18.4 Å². The molecule has 0 aliphatic rings. The summed E-state index contributed by atoms with van der Waals surface area (Å²) in [6.07, 6.45) is 1.20. The van der Waals surface area contributed by atoms with E-state index in [1.807, 2.05) is 0 Å². The van der Waals surface area contributed by atoms with Gasteiger partial charge in [0.25, 0.3) is 0 Å². The first kappa shape index (κ1) is 13.9. The van der Waals surface area contributed by atoms with Gasteiger partial charge in [0.1, 0.15) is 0 Å². The van der Waals surface area contributed by atoms with Gasteiger partial charge in [0.05, 0.1) is 5.92 Å². The van der Waals surface area contributed by atoms with Crippen molar-refractivity contribution in [2.75, 3.05) is 5.88 Å². The second kappa shape index (κ2) is 6.55. The third kappa shape index (κ3) is 4.30. The fourth-order valence-corrected chi connectivity index (χ4v) is 1.74. The number of carboxylic acid groups (broad SMARTS) is 1. The summed E-state index contributed by atoms with van der Waals surface area (Å²) in [5.74, 6) is -3.05. The average Bonchev–Trinajstić information content (AvgIpc) is 2.28. The molecule has 5 heteroatoms. The SMILES string of the molecule is O=C(O)C(CCCCl)Cc1ccc(F)c(F)c1. The number of carbonyl (C=O) groups is 1. The van der Waals surface area contributed by atoms with E-state index in [4.69, 9.17) is 16.7 Å². The van der Waals surface area contributed by atoms with Crippen LogP contribution in [0, 0.1) is 17.6 Å². The topological polar surface area (TPSA) is 37.3 Å². The van der Waals surface area contributed by atoms with Crippen LogP contribution >= 0.6 is 11.6 Å². The molecule has 1 atom stereocenters. The number of hydrogen-bond donors (Lipinski definition) is 1. The van der Waals surface area contributed by atoms with E-state index in [2.05, 4.69) is 0 Å². The second-order valence-electron chi connectivity index (χ2n) is 3.82. The predicted octanol–water partition coefficient (Wildman–Crippen LogP) is 3.23. The van der Waals surface area contributed by atoms with Gasteiger partial charge in [-0.2, -0.15) is 0 Å². The largest absolute Gasteiger partial charge is 0.481 e. The quantitative estimate of drug-likeness (QED) is 0.799. The zero-order chi connectivity index (χ0) is 12.8. The van der Waals surface area contributed by atoms with Crippen LogP contribution in [0.25, 0.3) is 0 Å². The second-order valence-corrected chi connectivity index (χ2v) is 4.20. The predicted molar refractivity (Wildman–Crippen MR) is 61.1 cm³/mol. The Balaban J connectivity index is 2.71. The molecule has 0 spiro atoms. The van der Waals surface area contributed by atoms with Gasteiger partial charge < -0.3 is 5.11 Å². The summed E-state index contributed by atoms with van der Waals surface area (Å²) in [5.41, 5.74) is 0.478. The van der Waals surface area contributed by atoms with Crippen LogP contribution in [0.2, 0.25) is 0 Å². The summed E-state index contributed by atoms with van der Waals surface area (Å²) in [6.45, 7) is 0. The maximum Gasteiger partial charge on any atom is 0.306 e. The zero-order valence-electron chi connectivity index (χ0n) is 9.13. The Morgan fingerprint density at radius 2 is 2.06 bits per heavy atom. The van der Waals surface area contributed by atoms with Crippen LogP contribution in [0.4, 0.5) is 8.78 Å². The highest BCUT2D eigenvalue weighted by Crippen LogP contribution is 2.17. The molecule has 1 aromatic rings. The molecule has 0 saturated heterocycles. The zero-order valence-corrected chi connectivity index (χ0v) is 9.88. The molecule has 0 radical (unpaired) electrons. The number of benzene rings is 1. The fraction of sp³-hybridized carbons (Fsp3) is 0.417. The van der Waals surface area contributed by atoms with Gasteiger partial charge in [-0.05, 0) is 37.0 Å². The molecule has 1 N–H and O–H groups in total. The van der Waals surface area contributed by atoms with Crippen LogP contribution in [0.3, 0.4) is 0 Å². The van der Waals surface area contributed by atoms with E-state index in [0.29, 0.717) is 24.3 Å². The van der Waals surface area contributed by atoms with Crippen molar-refractivity contribution in [3.8, 4) is 0 Å². The Morgan fingerprint density at radius 1 is 1.35 bits per heavy atom. The molecule has 94 valence electrons. The fourth-order valence-electron chi connectivity index (χ4n) is 1.59. The summed E-state index contributed by atoms with van der Waals surface area (Å²) < 4.78 is 25.6. The molecule has 0 aromatic heterocycles. The molecule has 0 heterocycles. The van der Waals surface area contributed by atoms with E-state index in [-0.39, 0.29) is 6.42 Å². The maximum absolute atomic E-state index is 12.9. The van der Waals surface area contributed by atoms with Crippen molar-refractivity contribution in [1.29, 1.82) is 0 Å². The van der Waals surface area contributed by atoms with Gasteiger partial charge in [0, 0.05) is 5.88 Å². The first-order valence-corrected chi connectivity index (χ1v) is 5.80. The monoisotopic (exact) mass is 262 g/mol. The van der Waals surface area contributed by atoms with Crippen molar-refractivity contribution < 1.29 is 18.7 Å². The van der Waals surface area contributed by atoms with Crippen LogP contribution < -0.4 is 0 Å². The Kier molecular flexibility index (Phi) is 5.35. The molecule has 0 amide bonds. The number of hydrogen-bond acceptors (Lipinski definition) is 1. The number of aliphatic carboxylic acids is 1. The summed E-state index contributed by atoms with van der Waals surface area (Å²) in [5, 5.41) is 8.97. The summed E-state index contributed by atoms with van der Waals surface area (Å²) in [4.78, 5) is 11.0. The van der Waals surface area contributed by atoms with E-state index in [0.717, 1.165) is 12.1 Å². The molecule has 17 heavy (non-hydrogen) atoms. The Morgan fingerprint density at radius 3 is 2.59 bits per heavy atom. The Bertz CT molecular complexity index is 396. The number of halogens is 3. The highest BCUT2D eigenvalue weighted by Gasteiger charge is 2.18. The van der Waals surface area contributed by atoms with Gasteiger partial charge in [-0.3, -0.25) is 4.79 Å². The molecule has 0 bridgehead atoms. The lowest BCUT2D eigenvalue weighted by Gasteiger charge is -2.11. The molecule has 0 aliphatic carbocycles. The van der Waals surface area contributed by atoms with Gasteiger partial charge in [-0.25, -0.2) is 8.78 Å². The molecule has 2 nitrogen and oxygen atoms in total. The van der Waals surface area contributed by atoms with Crippen molar-refractivity contribution >= 4 is 17.6 Å². The van der Waals surface area contributed by atoms with Crippen molar-refractivity contribution in [3.05, 3.63) is 35.4 Å². The van der Waals surface area contributed by atoms with E-state index in [1.165, 1.54) is 6.07 Å². The smallest absolute Gasteiger partial charge is 0.306 e.